The van der Waals surface area contributed by atoms with Gasteiger partial charge < -0.3 is 24.8 Å². The van der Waals surface area contributed by atoms with Gasteiger partial charge in [0.05, 0.1) is 38.7 Å². The molecule has 45 heavy (non-hydrogen) atoms. The fourth-order valence-electron chi connectivity index (χ4n) is 5.14. The number of methoxy groups -OCH3 is 2. The summed E-state index contributed by atoms with van der Waals surface area (Å²) in [6.45, 7) is 4.10. The maximum absolute atomic E-state index is 13.2. The molecule has 0 saturated heterocycles. The number of carbonyl (C=O) groups is 3. The van der Waals surface area contributed by atoms with Gasteiger partial charge in [0.25, 0.3) is 5.91 Å². The molecule has 1 aliphatic rings. The van der Waals surface area contributed by atoms with Gasteiger partial charge in [-0.1, -0.05) is 23.9 Å². The van der Waals surface area contributed by atoms with Crippen molar-refractivity contribution in [1.29, 1.82) is 0 Å². The lowest BCUT2D eigenvalue weighted by Crippen LogP contribution is -2.24. The Labute approximate surface area is 269 Å². The van der Waals surface area contributed by atoms with E-state index >= 15 is 0 Å². The van der Waals surface area contributed by atoms with E-state index in [0.717, 1.165) is 47.4 Å². The summed E-state index contributed by atoms with van der Waals surface area (Å²) < 4.78 is 17.7. The zero-order valence-corrected chi connectivity index (χ0v) is 27.2. The molecule has 2 aromatic carbocycles. The summed E-state index contributed by atoms with van der Waals surface area (Å²) in [5.41, 5.74) is 3.70. The number of rotatable bonds is 12. The number of hydrogen-bond acceptors (Lipinski definition) is 10. The highest BCUT2D eigenvalue weighted by molar-refractivity contribution is 7.99. The van der Waals surface area contributed by atoms with E-state index in [2.05, 4.69) is 20.8 Å². The third-order valence-electron chi connectivity index (χ3n) is 7.25. The van der Waals surface area contributed by atoms with E-state index in [0.29, 0.717) is 38.6 Å². The largest absolute Gasteiger partial charge is 0.493 e. The number of carbonyl (C=O) groups excluding carboxylic acids is 3. The number of anilines is 1. The van der Waals surface area contributed by atoms with Crippen LogP contribution in [0.5, 0.6) is 11.5 Å². The van der Waals surface area contributed by atoms with Gasteiger partial charge in [-0.25, -0.2) is 4.79 Å². The number of fused-ring (bicyclic) bond motifs is 1. The molecule has 236 valence electrons. The molecule has 0 fully saturated rings. The highest BCUT2D eigenvalue weighted by atomic mass is 32.2. The van der Waals surface area contributed by atoms with E-state index in [1.54, 1.807) is 25.1 Å². The minimum atomic E-state index is -0.404. The minimum absolute atomic E-state index is 0.0345. The highest BCUT2D eigenvalue weighted by Gasteiger charge is 2.27. The maximum Gasteiger partial charge on any atom is 0.341 e. The van der Waals surface area contributed by atoms with E-state index < -0.39 is 5.97 Å². The summed E-state index contributed by atoms with van der Waals surface area (Å²) >= 11 is 2.67. The summed E-state index contributed by atoms with van der Waals surface area (Å²) in [5, 5.41) is 15.6. The number of ether oxygens (including phenoxy) is 3. The van der Waals surface area contributed by atoms with Gasteiger partial charge in [-0.3, -0.25) is 14.2 Å². The summed E-state index contributed by atoms with van der Waals surface area (Å²) in [7, 11) is 3.04. The molecule has 0 bridgehead atoms. The predicted molar refractivity (Wildman–Crippen MR) is 173 cm³/mol. The Morgan fingerprint density at radius 2 is 1.82 bits per heavy atom. The molecule has 2 N–H and O–H groups in total. The topological polar surface area (TPSA) is 134 Å². The number of aromatic nitrogens is 3. The second kappa shape index (κ2) is 14.6. The van der Waals surface area contributed by atoms with Gasteiger partial charge in [-0.2, -0.15) is 0 Å². The Morgan fingerprint density at radius 3 is 2.58 bits per heavy atom. The van der Waals surface area contributed by atoms with Crippen LogP contribution in [0, 0.1) is 6.92 Å². The average molecular weight is 650 g/mol. The number of hydrogen-bond donors (Lipinski definition) is 2. The quantitative estimate of drug-likeness (QED) is 0.153. The molecule has 2 amide bonds. The molecule has 0 saturated carbocycles. The Balaban J connectivity index is 1.33. The number of thioether (sulfide) groups is 1. The lowest BCUT2D eigenvalue weighted by molar-refractivity contribution is -0.113. The van der Waals surface area contributed by atoms with Crippen LogP contribution >= 0.6 is 23.1 Å². The fraction of sp³-hybridized carbons (Fsp3) is 0.344. The van der Waals surface area contributed by atoms with Crippen molar-refractivity contribution in [2.45, 2.75) is 51.2 Å². The van der Waals surface area contributed by atoms with E-state index in [4.69, 9.17) is 14.2 Å². The summed E-state index contributed by atoms with van der Waals surface area (Å²) in [5.74, 6) is 0.501. The lowest BCUT2D eigenvalue weighted by atomic mass is 9.95. The van der Waals surface area contributed by atoms with Crippen molar-refractivity contribution in [2.75, 3.05) is 31.9 Å². The number of nitrogens with zero attached hydrogens (tertiary/aromatic N) is 3. The average Bonchev–Trinajstić information content (AvgIpc) is 3.63. The van der Waals surface area contributed by atoms with Gasteiger partial charge in [0.15, 0.2) is 22.5 Å². The number of nitrogens with one attached hydrogen (secondary N) is 2. The maximum atomic E-state index is 13.2. The highest BCUT2D eigenvalue weighted by Crippen LogP contribution is 2.39. The van der Waals surface area contributed by atoms with Crippen LogP contribution in [0.15, 0.2) is 47.6 Å². The first-order valence-electron chi connectivity index (χ1n) is 14.6. The van der Waals surface area contributed by atoms with Crippen LogP contribution in [-0.2, 0) is 28.9 Å². The number of thiophene rings is 1. The fourth-order valence-corrected chi connectivity index (χ4v) is 7.20. The van der Waals surface area contributed by atoms with Crippen LogP contribution in [0.2, 0.25) is 0 Å². The zero-order chi connectivity index (χ0) is 31.9. The minimum Gasteiger partial charge on any atom is -0.493 e. The van der Waals surface area contributed by atoms with Crippen LogP contribution in [0.1, 0.15) is 62.3 Å². The molecule has 0 unspecified atom stereocenters. The summed E-state index contributed by atoms with van der Waals surface area (Å²) in [6.07, 6.45) is 3.76. The predicted octanol–water partition coefficient (Wildman–Crippen LogP) is 5.37. The van der Waals surface area contributed by atoms with Gasteiger partial charge in [0.2, 0.25) is 5.91 Å². The molecule has 11 nitrogen and oxygen atoms in total. The Bertz CT molecular complexity index is 1720. The van der Waals surface area contributed by atoms with Crippen molar-refractivity contribution in [2.24, 2.45) is 0 Å². The smallest absolute Gasteiger partial charge is 0.341 e. The molecule has 0 aliphatic heterocycles. The van der Waals surface area contributed by atoms with Crippen LogP contribution < -0.4 is 20.1 Å². The number of aryl methyl sites for hydroxylation is 2. The van der Waals surface area contributed by atoms with Crippen molar-refractivity contribution in [3.63, 3.8) is 0 Å². The van der Waals surface area contributed by atoms with Gasteiger partial charge in [-0.05, 0) is 81.0 Å². The first-order chi connectivity index (χ1) is 21.8. The molecule has 0 spiro atoms. The van der Waals surface area contributed by atoms with E-state index in [-0.39, 0.29) is 30.7 Å². The van der Waals surface area contributed by atoms with Crippen molar-refractivity contribution in [1.82, 2.24) is 20.1 Å². The molecule has 0 atom stereocenters. The second-order valence-electron chi connectivity index (χ2n) is 10.3. The molecule has 4 aromatic rings. The van der Waals surface area contributed by atoms with Gasteiger partial charge >= 0.3 is 5.97 Å². The molecular weight excluding hydrogens is 615 g/mol. The normalized spacial score (nSPS) is 12.3. The summed E-state index contributed by atoms with van der Waals surface area (Å²) in [4.78, 5) is 40.2. The molecular formula is C32H35N5O6S2. The van der Waals surface area contributed by atoms with Crippen molar-refractivity contribution >= 4 is 45.9 Å². The molecule has 5 rings (SSSR count). The van der Waals surface area contributed by atoms with Crippen LogP contribution in [0.4, 0.5) is 5.00 Å². The third-order valence-corrected chi connectivity index (χ3v) is 9.39. The number of benzene rings is 2. The van der Waals surface area contributed by atoms with Gasteiger partial charge in [-0.15, -0.1) is 21.5 Å². The molecule has 13 heteroatoms. The zero-order valence-electron chi connectivity index (χ0n) is 25.6. The van der Waals surface area contributed by atoms with E-state index in [1.165, 1.54) is 37.3 Å². The molecule has 2 heterocycles. The van der Waals surface area contributed by atoms with E-state index in [1.807, 2.05) is 35.8 Å². The first-order valence-corrected chi connectivity index (χ1v) is 16.4. The first kappa shape index (κ1) is 32.0. The lowest BCUT2D eigenvalue weighted by Gasteiger charge is -2.13. The Hall–Kier alpha value is -4.36. The van der Waals surface area contributed by atoms with Gasteiger partial charge in [0.1, 0.15) is 5.00 Å². The molecule has 0 radical (unpaired) electrons. The SMILES string of the molecule is CCOC(=O)c1c(NC(=O)CSc2nnc(CNC(=O)c3ccc(OC)c(OC)c3)n2-c2cccc(C)c2)sc2c1CCCC2. The number of esters is 1. The number of amides is 2. The van der Waals surface area contributed by atoms with Crippen LogP contribution in [0.3, 0.4) is 0 Å². The molecule has 1 aliphatic carbocycles. The van der Waals surface area contributed by atoms with Crippen LogP contribution in [-0.4, -0.2) is 59.1 Å². The van der Waals surface area contributed by atoms with Gasteiger partial charge in [0, 0.05) is 16.1 Å². The standard InChI is InChI=1S/C32H35N5O6S2/c1-5-43-31(40)28-22-11-6-7-12-25(22)45-30(28)34-27(38)18-44-32-36-35-26(37(32)21-10-8-9-19(2)15-21)17-33-29(39)20-13-14-23(41-3)24(16-20)42-4/h8-10,13-16H,5-7,11-12,17-18H2,1-4H3,(H,33,39)(H,34,38). The monoisotopic (exact) mass is 649 g/mol. The molecule has 2 aromatic heterocycles. The second-order valence-corrected chi connectivity index (χ2v) is 12.3. The van der Waals surface area contributed by atoms with Crippen molar-refractivity contribution < 1.29 is 28.6 Å². The Morgan fingerprint density at radius 1 is 1.02 bits per heavy atom. The summed E-state index contributed by atoms with van der Waals surface area (Å²) in [6, 6.07) is 12.7. The van der Waals surface area contributed by atoms with Crippen molar-refractivity contribution in [3.05, 3.63) is 75.4 Å². The third kappa shape index (κ3) is 7.31. The van der Waals surface area contributed by atoms with Crippen LogP contribution in [0.25, 0.3) is 5.69 Å². The van der Waals surface area contributed by atoms with Crippen molar-refractivity contribution in [3.8, 4) is 17.2 Å². The Kier molecular flexibility index (Phi) is 10.4. The van der Waals surface area contributed by atoms with E-state index in [9.17, 15) is 14.4 Å².